The molecule has 1 aromatic heterocycles. The molecule has 29 heavy (non-hydrogen) atoms. The molecule has 1 fully saturated rings. The van der Waals surface area contributed by atoms with Crippen molar-refractivity contribution in [3.05, 3.63) is 65.2 Å². The largest absolute Gasteiger partial charge is 0.416 e. The maximum atomic E-state index is 13.8. The Kier molecular flexibility index (Phi) is 5.08. The SMILES string of the molecule is C[C@@H]1CO[C@@H](c2ccc3ncn(C)c3c2)CN1Cc1cc(F)cc(C(F)(F)F)c1. The van der Waals surface area contributed by atoms with Crippen LogP contribution in [0.5, 0.6) is 0 Å². The fraction of sp³-hybridized carbons (Fsp3) is 0.381. The van der Waals surface area contributed by atoms with E-state index in [1.54, 1.807) is 6.33 Å². The van der Waals surface area contributed by atoms with Gasteiger partial charge in [0, 0.05) is 26.2 Å². The van der Waals surface area contributed by atoms with E-state index in [1.165, 1.54) is 0 Å². The van der Waals surface area contributed by atoms with Crippen molar-refractivity contribution in [2.75, 3.05) is 13.2 Å². The molecule has 1 aliphatic heterocycles. The number of hydrogen-bond donors (Lipinski definition) is 0. The van der Waals surface area contributed by atoms with Crippen molar-refractivity contribution in [3.8, 4) is 0 Å². The Labute approximate surface area is 165 Å². The Morgan fingerprint density at radius 1 is 1.17 bits per heavy atom. The topological polar surface area (TPSA) is 30.3 Å². The van der Waals surface area contributed by atoms with Crippen LogP contribution in [-0.4, -0.2) is 33.6 Å². The van der Waals surface area contributed by atoms with Crippen molar-refractivity contribution in [1.82, 2.24) is 14.5 Å². The lowest BCUT2D eigenvalue weighted by Gasteiger charge is -2.38. The van der Waals surface area contributed by atoms with E-state index in [0.29, 0.717) is 24.8 Å². The first kappa shape index (κ1) is 19.8. The third-order valence-corrected chi connectivity index (χ3v) is 5.35. The molecule has 2 aromatic carbocycles. The summed E-state index contributed by atoms with van der Waals surface area (Å²) in [5, 5.41) is 0. The Balaban J connectivity index is 1.56. The number of ether oxygens (including phenoxy) is 1. The second-order valence-corrected chi connectivity index (χ2v) is 7.55. The molecule has 0 saturated carbocycles. The van der Waals surface area contributed by atoms with Gasteiger partial charge in [0.05, 0.1) is 35.6 Å². The van der Waals surface area contributed by atoms with Gasteiger partial charge in [0.1, 0.15) is 5.82 Å². The molecule has 1 saturated heterocycles. The zero-order valence-electron chi connectivity index (χ0n) is 16.1. The van der Waals surface area contributed by atoms with E-state index < -0.39 is 17.6 Å². The predicted octanol–water partition coefficient (Wildman–Crippen LogP) is 4.69. The minimum absolute atomic E-state index is 0.00397. The Morgan fingerprint density at radius 3 is 2.72 bits per heavy atom. The second kappa shape index (κ2) is 7.42. The standard InChI is InChI=1S/C21H21F4N3O/c1-13-11-29-20(15-3-4-18-19(7-15)27(2)12-26-18)10-28(13)9-14-5-16(21(23,24)25)8-17(22)6-14/h3-8,12-13,20H,9-11H2,1-2H3/t13-,20-/m1/s1. The van der Waals surface area contributed by atoms with Gasteiger partial charge in [-0.3, -0.25) is 4.90 Å². The van der Waals surface area contributed by atoms with E-state index in [1.807, 2.05) is 41.6 Å². The van der Waals surface area contributed by atoms with Crippen LogP contribution in [0.1, 0.15) is 29.7 Å². The number of aryl methyl sites for hydroxylation is 1. The molecular formula is C21H21F4N3O. The highest BCUT2D eigenvalue weighted by Crippen LogP contribution is 2.32. The molecule has 0 unspecified atom stereocenters. The van der Waals surface area contributed by atoms with E-state index in [4.69, 9.17) is 4.74 Å². The molecular weight excluding hydrogens is 386 g/mol. The lowest BCUT2D eigenvalue weighted by molar-refractivity contribution is -0.137. The highest BCUT2D eigenvalue weighted by atomic mass is 19.4. The second-order valence-electron chi connectivity index (χ2n) is 7.55. The molecule has 0 N–H and O–H groups in total. The van der Waals surface area contributed by atoms with Crippen molar-refractivity contribution < 1.29 is 22.3 Å². The Hall–Kier alpha value is -2.45. The molecule has 0 amide bonds. The molecule has 0 aliphatic carbocycles. The Bertz CT molecular complexity index is 1030. The van der Waals surface area contributed by atoms with Crippen LogP contribution in [0.15, 0.2) is 42.7 Å². The highest BCUT2D eigenvalue weighted by molar-refractivity contribution is 5.76. The molecule has 2 atom stereocenters. The third kappa shape index (κ3) is 4.13. The first-order valence-corrected chi connectivity index (χ1v) is 9.34. The average molecular weight is 407 g/mol. The molecule has 1 aliphatic rings. The molecule has 4 rings (SSSR count). The summed E-state index contributed by atoms with van der Waals surface area (Å²) >= 11 is 0. The maximum Gasteiger partial charge on any atom is 0.416 e. The zero-order valence-corrected chi connectivity index (χ0v) is 16.1. The number of hydrogen-bond acceptors (Lipinski definition) is 3. The normalized spacial score (nSPS) is 21.0. The van der Waals surface area contributed by atoms with Gasteiger partial charge in [-0.15, -0.1) is 0 Å². The summed E-state index contributed by atoms with van der Waals surface area (Å²) < 4.78 is 60.7. The van der Waals surface area contributed by atoms with Gasteiger partial charge in [-0.1, -0.05) is 6.07 Å². The van der Waals surface area contributed by atoms with Gasteiger partial charge in [-0.05, 0) is 48.4 Å². The van der Waals surface area contributed by atoms with E-state index in [-0.39, 0.29) is 18.7 Å². The lowest BCUT2D eigenvalue weighted by Crippen LogP contribution is -2.44. The average Bonchev–Trinajstić information content (AvgIpc) is 3.03. The van der Waals surface area contributed by atoms with Crippen molar-refractivity contribution in [2.24, 2.45) is 7.05 Å². The molecule has 154 valence electrons. The summed E-state index contributed by atoms with van der Waals surface area (Å²) in [5.74, 6) is -0.881. The maximum absolute atomic E-state index is 13.8. The van der Waals surface area contributed by atoms with Gasteiger partial charge < -0.3 is 9.30 Å². The summed E-state index contributed by atoms with van der Waals surface area (Å²) in [6, 6.07) is 8.61. The molecule has 2 heterocycles. The van der Waals surface area contributed by atoms with Gasteiger partial charge >= 0.3 is 6.18 Å². The smallest absolute Gasteiger partial charge is 0.371 e. The quantitative estimate of drug-likeness (QED) is 0.590. The first-order valence-electron chi connectivity index (χ1n) is 9.34. The summed E-state index contributed by atoms with van der Waals surface area (Å²) in [7, 11) is 1.91. The number of imidazole rings is 1. The number of morpholine rings is 1. The van der Waals surface area contributed by atoms with Crippen molar-refractivity contribution in [2.45, 2.75) is 31.8 Å². The van der Waals surface area contributed by atoms with E-state index in [9.17, 15) is 17.6 Å². The number of aromatic nitrogens is 2. The summed E-state index contributed by atoms with van der Waals surface area (Å²) in [6.07, 6.45) is -3.05. The van der Waals surface area contributed by atoms with Gasteiger partial charge in [0.2, 0.25) is 0 Å². The lowest BCUT2D eigenvalue weighted by atomic mass is 10.0. The fourth-order valence-electron chi connectivity index (χ4n) is 3.71. The molecule has 3 aromatic rings. The predicted molar refractivity (Wildman–Crippen MR) is 101 cm³/mol. The number of halogens is 4. The number of alkyl halides is 3. The van der Waals surface area contributed by atoms with Gasteiger partial charge in [-0.2, -0.15) is 13.2 Å². The Morgan fingerprint density at radius 2 is 1.97 bits per heavy atom. The van der Waals surface area contributed by atoms with E-state index in [0.717, 1.165) is 28.7 Å². The van der Waals surface area contributed by atoms with Crippen LogP contribution in [0.2, 0.25) is 0 Å². The van der Waals surface area contributed by atoms with Crippen LogP contribution in [0.3, 0.4) is 0 Å². The zero-order chi connectivity index (χ0) is 20.8. The van der Waals surface area contributed by atoms with Gasteiger partial charge in [0.15, 0.2) is 0 Å². The van der Waals surface area contributed by atoms with Gasteiger partial charge in [-0.25, -0.2) is 9.37 Å². The molecule has 0 spiro atoms. The van der Waals surface area contributed by atoms with Crippen LogP contribution in [0, 0.1) is 5.82 Å². The van der Waals surface area contributed by atoms with Gasteiger partial charge in [0.25, 0.3) is 0 Å². The van der Waals surface area contributed by atoms with Crippen molar-refractivity contribution in [1.29, 1.82) is 0 Å². The van der Waals surface area contributed by atoms with Crippen LogP contribution >= 0.6 is 0 Å². The molecule has 0 radical (unpaired) electrons. The first-order chi connectivity index (χ1) is 13.7. The number of fused-ring (bicyclic) bond motifs is 1. The minimum atomic E-state index is -4.57. The summed E-state index contributed by atoms with van der Waals surface area (Å²) in [5.41, 5.74) is 2.18. The fourth-order valence-corrected chi connectivity index (χ4v) is 3.71. The molecule has 8 heteroatoms. The minimum Gasteiger partial charge on any atom is -0.371 e. The third-order valence-electron chi connectivity index (χ3n) is 5.35. The number of benzene rings is 2. The van der Waals surface area contributed by atoms with Crippen LogP contribution in [-0.2, 0) is 24.5 Å². The molecule has 4 nitrogen and oxygen atoms in total. The molecule has 0 bridgehead atoms. The van der Waals surface area contributed by atoms with E-state index >= 15 is 0 Å². The summed E-state index contributed by atoms with van der Waals surface area (Å²) in [6.45, 7) is 3.11. The monoisotopic (exact) mass is 407 g/mol. The van der Waals surface area contributed by atoms with Crippen LogP contribution in [0.4, 0.5) is 17.6 Å². The van der Waals surface area contributed by atoms with Crippen molar-refractivity contribution in [3.63, 3.8) is 0 Å². The number of rotatable bonds is 3. The highest BCUT2D eigenvalue weighted by Gasteiger charge is 2.32. The van der Waals surface area contributed by atoms with Crippen LogP contribution < -0.4 is 0 Å². The van der Waals surface area contributed by atoms with Crippen LogP contribution in [0.25, 0.3) is 11.0 Å². The number of nitrogens with zero attached hydrogens (tertiary/aromatic N) is 3. The van der Waals surface area contributed by atoms with E-state index in [2.05, 4.69) is 4.98 Å². The summed E-state index contributed by atoms with van der Waals surface area (Å²) in [4.78, 5) is 6.33. The van der Waals surface area contributed by atoms with Crippen molar-refractivity contribution >= 4 is 11.0 Å².